The molecule has 0 amide bonds. The normalized spacial score (nSPS) is 13.5. The summed E-state index contributed by atoms with van der Waals surface area (Å²) in [6.45, 7) is 0.283. The van der Waals surface area contributed by atoms with E-state index in [1.54, 1.807) is 34.3 Å². The number of furan rings is 1. The zero-order valence-electron chi connectivity index (χ0n) is 15.0. The molecule has 0 unspecified atom stereocenters. The Morgan fingerprint density at radius 2 is 2.24 bits per heavy atom. The van der Waals surface area contributed by atoms with Gasteiger partial charge in [0.2, 0.25) is 5.82 Å². The lowest BCUT2D eigenvalue weighted by Gasteiger charge is -1.96. The summed E-state index contributed by atoms with van der Waals surface area (Å²) in [7, 11) is 0. The topological polar surface area (TPSA) is 117 Å². The van der Waals surface area contributed by atoms with E-state index in [0.717, 1.165) is 28.7 Å². The van der Waals surface area contributed by atoms with Gasteiger partial charge >= 0.3 is 5.69 Å². The minimum atomic E-state index is -0.479. The molecule has 0 spiro atoms. The molecule has 0 radical (unpaired) electrons. The lowest BCUT2D eigenvalue weighted by Crippen LogP contribution is -1.98. The first-order valence-electron chi connectivity index (χ1n) is 9.07. The maximum Gasteiger partial charge on any atom is 0.307 e. The van der Waals surface area contributed by atoms with Crippen LogP contribution >= 0.6 is 11.3 Å². The number of aryl methyl sites for hydroxylation is 2. The van der Waals surface area contributed by atoms with Crippen molar-refractivity contribution >= 4 is 32.9 Å². The predicted octanol–water partition coefficient (Wildman–Crippen LogP) is 3.24. The van der Waals surface area contributed by atoms with Gasteiger partial charge in [-0.1, -0.05) is 0 Å². The molecule has 1 aliphatic rings. The Morgan fingerprint density at radius 1 is 1.31 bits per heavy atom. The van der Waals surface area contributed by atoms with Crippen molar-refractivity contribution in [2.75, 3.05) is 0 Å². The molecular formula is C18H13N7O3S. The molecule has 6 rings (SSSR count). The van der Waals surface area contributed by atoms with Crippen molar-refractivity contribution < 1.29 is 9.34 Å². The van der Waals surface area contributed by atoms with Gasteiger partial charge in [0.05, 0.1) is 16.9 Å². The maximum absolute atomic E-state index is 10.8. The fourth-order valence-electron chi connectivity index (χ4n) is 3.77. The van der Waals surface area contributed by atoms with E-state index in [4.69, 9.17) is 9.40 Å². The average Bonchev–Trinajstić information content (AvgIpc) is 3.48. The number of hydrogen-bond acceptors (Lipinski definition) is 8. The van der Waals surface area contributed by atoms with Crippen molar-refractivity contribution in [2.24, 2.45) is 0 Å². The Morgan fingerprint density at radius 3 is 3.10 bits per heavy atom. The molecule has 0 saturated heterocycles. The lowest BCUT2D eigenvalue weighted by atomic mass is 10.2. The lowest BCUT2D eigenvalue weighted by molar-refractivity contribution is -0.385. The Balaban J connectivity index is 1.36. The molecule has 0 saturated carbocycles. The van der Waals surface area contributed by atoms with Gasteiger partial charge in [0.25, 0.3) is 0 Å². The summed E-state index contributed by atoms with van der Waals surface area (Å²) in [6.07, 6.45) is 7.60. The van der Waals surface area contributed by atoms with Crippen LogP contribution in [-0.4, -0.2) is 34.3 Å². The van der Waals surface area contributed by atoms with Gasteiger partial charge in [0.1, 0.15) is 29.3 Å². The van der Waals surface area contributed by atoms with Gasteiger partial charge in [-0.2, -0.15) is 5.10 Å². The van der Waals surface area contributed by atoms with Crippen LogP contribution in [-0.2, 0) is 19.4 Å². The van der Waals surface area contributed by atoms with E-state index < -0.39 is 4.92 Å². The van der Waals surface area contributed by atoms with Gasteiger partial charge < -0.3 is 4.42 Å². The summed E-state index contributed by atoms with van der Waals surface area (Å²) in [5.74, 6) is 1.62. The van der Waals surface area contributed by atoms with Crippen molar-refractivity contribution in [1.29, 1.82) is 0 Å². The number of fused-ring (bicyclic) bond motifs is 5. The highest BCUT2D eigenvalue weighted by Crippen LogP contribution is 2.38. The van der Waals surface area contributed by atoms with Crippen LogP contribution in [0.15, 0.2) is 35.3 Å². The SMILES string of the molecule is O=[N+]([O-])c1cnn(Cc2ccc(-c3nc4c5c6c(sc5ncn4n3)CCC6)o2)c1. The van der Waals surface area contributed by atoms with E-state index in [1.165, 1.54) is 33.9 Å². The second-order valence-electron chi connectivity index (χ2n) is 6.90. The molecule has 1 aliphatic carbocycles. The Kier molecular flexibility index (Phi) is 3.36. The summed E-state index contributed by atoms with van der Waals surface area (Å²) in [4.78, 5) is 22.0. The second-order valence-corrected chi connectivity index (χ2v) is 7.99. The minimum absolute atomic E-state index is 0.0568. The van der Waals surface area contributed by atoms with Crippen LogP contribution in [0.4, 0.5) is 5.69 Å². The van der Waals surface area contributed by atoms with E-state index in [-0.39, 0.29) is 12.2 Å². The molecule has 29 heavy (non-hydrogen) atoms. The molecule has 0 aliphatic heterocycles. The van der Waals surface area contributed by atoms with Crippen molar-refractivity contribution in [1.82, 2.24) is 29.4 Å². The van der Waals surface area contributed by atoms with Crippen LogP contribution in [0.1, 0.15) is 22.6 Å². The molecule has 5 aromatic rings. The molecule has 0 aromatic carbocycles. The molecule has 10 nitrogen and oxygen atoms in total. The summed E-state index contributed by atoms with van der Waals surface area (Å²) in [5, 5.41) is 20.4. The highest BCUT2D eigenvalue weighted by Gasteiger charge is 2.22. The molecule has 0 bridgehead atoms. The largest absolute Gasteiger partial charge is 0.456 e. The van der Waals surface area contributed by atoms with Gasteiger partial charge in [0, 0.05) is 4.88 Å². The van der Waals surface area contributed by atoms with E-state index in [0.29, 0.717) is 17.3 Å². The van der Waals surface area contributed by atoms with Crippen LogP contribution in [0.25, 0.3) is 27.4 Å². The third-order valence-electron chi connectivity index (χ3n) is 5.07. The molecule has 144 valence electrons. The highest BCUT2D eigenvalue weighted by atomic mass is 32.1. The smallest absolute Gasteiger partial charge is 0.307 e. The van der Waals surface area contributed by atoms with Crippen LogP contribution in [0.2, 0.25) is 0 Å². The zero-order chi connectivity index (χ0) is 19.5. The number of aromatic nitrogens is 6. The van der Waals surface area contributed by atoms with Crippen molar-refractivity contribution in [3.8, 4) is 11.6 Å². The summed E-state index contributed by atoms with van der Waals surface area (Å²) >= 11 is 1.74. The number of nitro groups is 1. The van der Waals surface area contributed by atoms with Crippen molar-refractivity contribution in [2.45, 2.75) is 25.8 Å². The number of hydrogen-bond donors (Lipinski definition) is 0. The van der Waals surface area contributed by atoms with E-state index in [1.807, 2.05) is 0 Å². The standard InChI is InChI=1S/C18H13N7O3S/c26-25(27)10-6-20-23(7-10)8-11-4-5-13(28-11)16-21-17-15-12-2-1-3-14(12)29-18(15)19-9-24(17)22-16/h4-7,9H,1-3,8H2. The summed E-state index contributed by atoms with van der Waals surface area (Å²) < 4.78 is 9.03. The van der Waals surface area contributed by atoms with Gasteiger partial charge in [-0.25, -0.2) is 14.5 Å². The average molecular weight is 407 g/mol. The number of nitrogens with zero attached hydrogens (tertiary/aromatic N) is 7. The fourth-order valence-corrected chi connectivity index (χ4v) is 5.00. The van der Waals surface area contributed by atoms with Crippen LogP contribution in [0.3, 0.4) is 0 Å². The minimum Gasteiger partial charge on any atom is -0.456 e. The predicted molar refractivity (Wildman–Crippen MR) is 104 cm³/mol. The molecule has 5 heterocycles. The van der Waals surface area contributed by atoms with Crippen LogP contribution < -0.4 is 0 Å². The third kappa shape index (κ3) is 2.54. The first-order chi connectivity index (χ1) is 14.2. The Hall–Kier alpha value is -3.60. The molecule has 0 fully saturated rings. The number of rotatable bonds is 4. The van der Waals surface area contributed by atoms with Crippen molar-refractivity contribution in [3.63, 3.8) is 0 Å². The van der Waals surface area contributed by atoms with Crippen molar-refractivity contribution in [3.05, 3.63) is 57.2 Å². The first kappa shape index (κ1) is 16.4. The molecule has 11 heteroatoms. The second kappa shape index (κ2) is 5.95. The van der Waals surface area contributed by atoms with Gasteiger partial charge in [-0.05, 0) is 37.0 Å². The highest BCUT2D eigenvalue weighted by molar-refractivity contribution is 7.19. The summed E-state index contributed by atoms with van der Waals surface area (Å²) in [6, 6.07) is 3.59. The van der Waals surface area contributed by atoms with Crippen LogP contribution in [0.5, 0.6) is 0 Å². The molecule has 5 aromatic heterocycles. The fraction of sp³-hybridized carbons (Fsp3) is 0.222. The zero-order valence-corrected chi connectivity index (χ0v) is 15.8. The van der Waals surface area contributed by atoms with E-state index in [2.05, 4.69) is 15.2 Å². The maximum atomic E-state index is 10.8. The Bertz CT molecular complexity index is 1410. The van der Waals surface area contributed by atoms with Gasteiger partial charge in [0.15, 0.2) is 11.4 Å². The molecule has 0 atom stereocenters. The van der Waals surface area contributed by atoms with E-state index >= 15 is 0 Å². The third-order valence-corrected chi connectivity index (χ3v) is 6.27. The molecular weight excluding hydrogens is 394 g/mol. The molecule has 0 N–H and O–H groups in total. The quantitative estimate of drug-likeness (QED) is 0.331. The number of thiophene rings is 1. The van der Waals surface area contributed by atoms with Gasteiger partial charge in [-0.15, -0.1) is 16.4 Å². The summed E-state index contributed by atoms with van der Waals surface area (Å²) in [5.41, 5.74) is 2.09. The Labute approximate surface area is 166 Å². The van der Waals surface area contributed by atoms with Gasteiger partial charge in [-0.3, -0.25) is 14.8 Å². The van der Waals surface area contributed by atoms with Crippen LogP contribution in [0, 0.1) is 10.1 Å². The van der Waals surface area contributed by atoms with E-state index in [9.17, 15) is 10.1 Å². The monoisotopic (exact) mass is 407 g/mol. The first-order valence-corrected chi connectivity index (χ1v) is 9.89.